The maximum atomic E-state index is 12.9. The van der Waals surface area contributed by atoms with Gasteiger partial charge in [-0.3, -0.25) is 15.0 Å². The standard InChI is InChI=1S/C20H27ClN4O2/c1-3-5-10-20(11-6-4-2)17-22-13-24(16-9-7-8-15(21)12-16)14-25(17)19(27)23-18(20)26/h7-9,12H,3-6,10-11,13-14H2,1-2H3,(H,23,26,27). The van der Waals surface area contributed by atoms with Crippen LogP contribution in [0.3, 0.4) is 0 Å². The van der Waals surface area contributed by atoms with Gasteiger partial charge in [0.05, 0.1) is 0 Å². The maximum Gasteiger partial charge on any atom is 0.331 e. The lowest BCUT2D eigenvalue weighted by atomic mass is 9.74. The molecule has 0 bridgehead atoms. The number of carbonyl (C=O) groups is 2. The van der Waals surface area contributed by atoms with Crippen LogP contribution in [0.5, 0.6) is 0 Å². The van der Waals surface area contributed by atoms with Crippen molar-refractivity contribution in [1.82, 2.24) is 10.2 Å². The third-order valence-electron chi connectivity index (χ3n) is 5.37. The van der Waals surface area contributed by atoms with Crippen molar-refractivity contribution in [2.24, 2.45) is 10.4 Å². The zero-order valence-corrected chi connectivity index (χ0v) is 16.8. The van der Waals surface area contributed by atoms with Crippen LogP contribution in [0.1, 0.15) is 52.4 Å². The van der Waals surface area contributed by atoms with Crippen molar-refractivity contribution in [2.75, 3.05) is 18.2 Å². The molecule has 0 spiro atoms. The number of nitrogens with zero attached hydrogens (tertiary/aromatic N) is 3. The second-order valence-electron chi connectivity index (χ2n) is 7.26. The molecule has 0 unspecified atom stereocenters. The fourth-order valence-electron chi connectivity index (χ4n) is 3.84. The van der Waals surface area contributed by atoms with Gasteiger partial charge in [-0.2, -0.15) is 0 Å². The fraction of sp³-hybridized carbons (Fsp3) is 0.550. The molecule has 7 heteroatoms. The summed E-state index contributed by atoms with van der Waals surface area (Å²) < 4.78 is 0. The highest BCUT2D eigenvalue weighted by atomic mass is 35.5. The largest absolute Gasteiger partial charge is 0.334 e. The van der Waals surface area contributed by atoms with E-state index in [1.54, 1.807) is 4.90 Å². The van der Waals surface area contributed by atoms with Gasteiger partial charge >= 0.3 is 6.03 Å². The number of rotatable bonds is 7. The van der Waals surface area contributed by atoms with Crippen molar-refractivity contribution in [3.05, 3.63) is 29.3 Å². The van der Waals surface area contributed by atoms with Crippen molar-refractivity contribution in [3.63, 3.8) is 0 Å². The highest BCUT2D eigenvalue weighted by molar-refractivity contribution is 6.30. The van der Waals surface area contributed by atoms with Gasteiger partial charge in [-0.05, 0) is 31.0 Å². The van der Waals surface area contributed by atoms with Crippen LogP contribution in [0, 0.1) is 5.41 Å². The Hall–Kier alpha value is -2.08. The van der Waals surface area contributed by atoms with E-state index < -0.39 is 11.4 Å². The Morgan fingerprint density at radius 3 is 2.52 bits per heavy atom. The molecule has 2 aliphatic heterocycles. The van der Waals surface area contributed by atoms with Gasteiger partial charge in [0.1, 0.15) is 24.6 Å². The summed E-state index contributed by atoms with van der Waals surface area (Å²) in [6.45, 7) is 4.99. The molecule has 3 rings (SSSR count). The predicted molar refractivity (Wildman–Crippen MR) is 108 cm³/mol. The Bertz CT molecular complexity index is 741. The number of anilines is 1. The summed E-state index contributed by atoms with van der Waals surface area (Å²) in [5.74, 6) is 0.442. The molecule has 2 aliphatic rings. The maximum absolute atomic E-state index is 12.9. The second-order valence-corrected chi connectivity index (χ2v) is 7.70. The minimum Gasteiger partial charge on any atom is -0.334 e. The number of imide groups is 1. The van der Waals surface area contributed by atoms with Crippen molar-refractivity contribution < 1.29 is 9.59 Å². The first kappa shape index (κ1) is 19.7. The normalized spacial score (nSPS) is 18.9. The lowest BCUT2D eigenvalue weighted by molar-refractivity contribution is -0.128. The van der Waals surface area contributed by atoms with Gasteiger partial charge in [0, 0.05) is 10.7 Å². The second kappa shape index (κ2) is 8.30. The summed E-state index contributed by atoms with van der Waals surface area (Å²) in [4.78, 5) is 33.8. The monoisotopic (exact) mass is 390 g/mol. The van der Waals surface area contributed by atoms with Crippen LogP contribution >= 0.6 is 11.6 Å². The van der Waals surface area contributed by atoms with E-state index in [2.05, 4.69) is 19.2 Å². The quantitative estimate of drug-likeness (QED) is 0.750. The van der Waals surface area contributed by atoms with Gasteiger partial charge in [0.25, 0.3) is 0 Å². The molecule has 6 nitrogen and oxygen atoms in total. The minimum absolute atomic E-state index is 0.194. The third-order valence-corrected chi connectivity index (χ3v) is 5.61. The molecule has 3 amide bonds. The number of nitrogens with one attached hydrogen (secondary N) is 1. The van der Waals surface area contributed by atoms with E-state index in [9.17, 15) is 9.59 Å². The molecule has 1 aromatic rings. The highest BCUT2D eigenvalue weighted by Crippen LogP contribution is 2.38. The lowest BCUT2D eigenvalue weighted by Crippen LogP contribution is -2.67. The molecular formula is C20H27ClN4O2. The zero-order chi connectivity index (χ0) is 19.4. The summed E-state index contributed by atoms with van der Waals surface area (Å²) in [6.07, 6.45) is 5.28. The molecule has 0 radical (unpaired) electrons. The van der Waals surface area contributed by atoms with E-state index in [1.165, 1.54) is 0 Å². The Morgan fingerprint density at radius 1 is 1.19 bits per heavy atom. The van der Waals surface area contributed by atoms with Crippen LogP contribution in [0.2, 0.25) is 5.02 Å². The Kier molecular flexibility index (Phi) is 6.05. The number of aliphatic imine (C=N–C) groups is 1. The van der Waals surface area contributed by atoms with Crippen molar-refractivity contribution in [3.8, 4) is 0 Å². The molecule has 2 heterocycles. The molecule has 0 saturated carbocycles. The molecule has 27 heavy (non-hydrogen) atoms. The van der Waals surface area contributed by atoms with E-state index in [-0.39, 0.29) is 5.91 Å². The number of benzene rings is 1. The average molecular weight is 391 g/mol. The summed E-state index contributed by atoms with van der Waals surface area (Å²) in [6, 6.07) is 7.10. The van der Waals surface area contributed by atoms with Gasteiger partial charge in [0.2, 0.25) is 5.91 Å². The molecule has 1 fully saturated rings. The number of urea groups is 1. The summed E-state index contributed by atoms with van der Waals surface area (Å²) >= 11 is 6.11. The van der Waals surface area contributed by atoms with Crippen LogP contribution in [0.15, 0.2) is 29.3 Å². The van der Waals surface area contributed by atoms with Crippen LogP contribution in [0.25, 0.3) is 0 Å². The average Bonchev–Trinajstić information content (AvgIpc) is 2.67. The lowest BCUT2D eigenvalue weighted by Gasteiger charge is -2.46. The van der Waals surface area contributed by atoms with E-state index >= 15 is 0 Å². The molecule has 1 saturated heterocycles. The van der Waals surface area contributed by atoms with E-state index in [0.29, 0.717) is 24.2 Å². The fourth-order valence-corrected chi connectivity index (χ4v) is 4.03. The van der Waals surface area contributed by atoms with E-state index in [4.69, 9.17) is 16.6 Å². The van der Waals surface area contributed by atoms with Gasteiger partial charge in [-0.1, -0.05) is 57.2 Å². The molecule has 0 aromatic heterocycles. The summed E-state index contributed by atoms with van der Waals surface area (Å²) in [5.41, 5.74) is 0.197. The Morgan fingerprint density at radius 2 is 1.89 bits per heavy atom. The van der Waals surface area contributed by atoms with Gasteiger partial charge < -0.3 is 4.90 Å². The number of fused-ring (bicyclic) bond motifs is 1. The molecule has 1 aromatic carbocycles. The number of unbranched alkanes of at least 4 members (excludes halogenated alkanes) is 2. The van der Waals surface area contributed by atoms with Crippen molar-refractivity contribution >= 4 is 35.1 Å². The first-order valence-electron chi connectivity index (χ1n) is 9.70. The van der Waals surface area contributed by atoms with Gasteiger partial charge in [-0.25, -0.2) is 9.79 Å². The topological polar surface area (TPSA) is 65.0 Å². The molecule has 146 valence electrons. The van der Waals surface area contributed by atoms with Gasteiger partial charge in [0.15, 0.2) is 0 Å². The van der Waals surface area contributed by atoms with Crippen LogP contribution < -0.4 is 10.2 Å². The smallest absolute Gasteiger partial charge is 0.331 e. The first-order valence-corrected chi connectivity index (χ1v) is 10.1. The zero-order valence-electron chi connectivity index (χ0n) is 16.0. The Labute approximate surface area is 165 Å². The first-order chi connectivity index (χ1) is 13.0. The van der Waals surface area contributed by atoms with Crippen LogP contribution in [-0.4, -0.2) is 36.0 Å². The van der Waals surface area contributed by atoms with E-state index in [0.717, 1.165) is 44.2 Å². The van der Waals surface area contributed by atoms with Gasteiger partial charge in [-0.15, -0.1) is 0 Å². The van der Waals surface area contributed by atoms with Crippen LogP contribution in [-0.2, 0) is 4.79 Å². The Balaban J connectivity index is 1.95. The summed E-state index contributed by atoms with van der Waals surface area (Å²) in [5, 5.41) is 3.22. The molecule has 0 atom stereocenters. The number of carbonyl (C=O) groups excluding carboxylic acids is 2. The van der Waals surface area contributed by atoms with Crippen molar-refractivity contribution in [2.45, 2.75) is 52.4 Å². The van der Waals surface area contributed by atoms with Crippen LogP contribution in [0.4, 0.5) is 10.5 Å². The number of hydrogen-bond acceptors (Lipinski definition) is 4. The minimum atomic E-state index is -0.708. The molecule has 1 N–H and O–H groups in total. The number of amides is 3. The predicted octanol–water partition coefficient (Wildman–Crippen LogP) is 4.39. The number of hydrogen-bond donors (Lipinski definition) is 1. The third kappa shape index (κ3) is 3.81. The summed E-state index contributed by atoms with van der Waals surface area (Å²) in [7, 11) is 0. The number of amidine groups is 1. The highest BCUT2D eigenvalue weighted by Gasteiger charge is 2.51. The molecule has 0 aliphatic carbocycles. The number of halogens is 1. The van der Waals surface area contributed by atoms with Crippen molar-refractivity contribution in [1.29, 1.82) is 0 Å². The SMILES string of the molecule is CCCCC1(CCCC)C(=O)NC(=O)N2CN(c3cccc(Cl)c3)CN=C21. The van der Waals surface area contributed by atoms with E-state index in [1.807, 2.05) is 29.2 Å². The molecular weight excluding hydrogens is 364 g/mol.